The van der Waals surface area contributed by atoms with E-state index >= 15 is 0 Å². The van der Waals surface area contributed by atoms with Gasteiger partial charge < -0.3 is 5.32 Å². The van der Waals surface area contributed by atoms with Gasteiger partial charge in [-0.05, 0) is 12.1 Å². The van der Waals surface area contributed by atoms with Crippen molar-refractivity contribution >= 4 is 59.6 Å². The van der Waals surface area contributed by atoms with Crippen LogP contribution in [0.2, 0.25) is 10.0 Å². The molecule has 5 nitrogen and oxygen atoms in total. The Morgan fingerprint density at radius 1 is 1.33 bits per heavy atom. The summed E-state index contributed by atoms with van der Waals surface area (Å²) in [4.78, 5) is 11.7. The van der Waals surface area contributed by atoms with Crippen molar-refractivity contribution in [3.63, 3.8) is 0 Å². The standard InChI is InChI=1S/C11H12Cl3NO4S2/c1-2-20(17)4-3-15-11(16)8-5-7(21(14,18)19)6-9(12)10(8)13/h5-6H,2-4H2,1H3,(H,15,16). The monoisotopic (exact) mass is 391 g/mol. The Morgan fingerprint density at radius 3 is 2.48 bits per heavy atom. The summed E-state index contributed by atoms with van der Waals surface area (Å²) >= 11 is 11.7. The highest BCUT2D eigenvalue weighted by Gasteiger charge is 2.19. The van der Waals surface area contributed by atoms with Crippen molar-refractivity contribution in [2.45, 2.75) is 11.8 Å². The Bertz CT molecular complexity index is 676. The Morgan fingerprint density at radius 2 is 1.95 bits per heavy atom. The SMILES string of the molecule is CCS(=O)CCNC(=O)c1cc(S(=O)(=O)Cl)cc(Cl)c1Cl. The molecule has 0 aliphatic heterocycles. The maximum absolute atomic E-state index is 12.0. The average Bonchev–Trinajstić information content (AvgIpc) is 2.39. The lowest BCUT2D eigenvalue weighted by Crippen LogP contribution is -2.28. The van der Waals surface area contributed by atoms with E-state index < -0.39 is 25.8 Å². The molecule has 1 aromatic carbocycles. The maximum Gasteiger partial charge on any atom is 0.261 e. The van der Waals surface area contributed by atoms with E-state index in [1.807, 2.05) is 0 Å². The molecule has 0 fully saturated rings. The molecule has 0 saturated carbocycles. The number of hydrogen-bond acceptors (Lipinski definition) is 4. The predicted molar refractivity (Wildman–Crippen MR) is 85.4 cm³/mol. The molecule has 10 heteroatoms. The molecule has 1 aromatic rings. The highest BCUT2D eigenvalue weighted by Crippen LogP contribution is 2.30. The minimum absolute atomic E-state index is 0.0742. The quantitative estimate of drug-likeness (QED) is 0.754. The highest BCUT2D eigenvalue weighted by molar-refractivity contribution is 8.13. The zero-order chi connectivity index (χ0) is 16.2. The van der Waals surface area contributed by atoms with Gasteiger partial charge in [0, 0.05) is 39.5 Å². The van der Waals surface area contributed by atoms with Gasteiger partial charge in [0.25, 0.3) is 15.0 Å². The van der Waals surface area contributed by atoms with Crippen LogP contribution in [0, 0.1) is 0 Å². The first-order valence-electron chi connectivity index (χ1n) is 5.73. The lowest BCUT2D eigenvalue weighted by Gasteiger charge is -2.09. The molecule has 21 heavy (non-hydrogen) atoms. The van der Waals surface area contributed by atoms with Crippen LogP contribution < -0.4 is 5.32 Å². The van der Waals surface area contributed by atoms with E-state index in [1.165, 1.54) is 0 Å². The molecule has 0 spiro atoms. The van der Waals surface area contributed by atoms with Crippen LogP contribution in [0.1, 0.15) is 17.3 Å². The molecule has 118 valence electrons. The van der Waals surface area contributed by atoms with Gasteiger partial charge in [-0.2, -0.15) is 0 Å². The lowest BCUT2D eigenvalue weighted by atomic mass is 10.2. The summed E-state index contributed by atoms with van der Waals surface area (Å²) in [6.07, 6.45) is 0. The van der Waals surface area contributed by atoms with Crippen LogP contribution >= 0.6 is 33.9 Å². The summed E-state index contributed by atoms with van der Waals surface area (Å²) in [5.74, 6) is 0.168. The molecule has 0 saturated heterocycles. The zero-order valence-corrected chi connectivity index (χ0v) is 14.8. The van der Waals surface area contributed by atoms with Crippen molar-refractivity contribution in [1.29, 1.82) is 0 Å². The largest absolute Gasteiger partial charge is 0.351 e. The van der Waals surface area contributed by atoms with Gasteiger partial charge >= 0.3 is 0 Å². The second-order valence-corrected chi connectivity index (χ2v) is 9.11. The van der Waals surface area contributed by atoms with Crippen LogP contribution in [0.5, 0.6) is 0 Å². The van der Waals surface area contributed by atoms with Gasteiger partial charge in [-0.1, -0.05) is 30.1 Å². The predicted octanol–water partition coefficient (Wildman–Crippen LogP) is 2.42. The van der Waals surface area contributed by atoms with Crippen molar-refractivity contribution in [2.24, 2.45) is 0 Å². The average molecular weight is 393 g/mol. The van der Waals surface area contributed by atoms with Gasteiger partial charge in [-0.25, -0.2) is 8.42 Å². The van der Waals surface area contributed by atoms with Crippen LogP contribution in [0.3, 0.4) is 0 Å². The number of carbonyl (C=O) groups excluding carboxylic acids is 1. The van der Waals surface area contributed by atoms with Crippen molar-refractivity contribution in [1.82, 2.24) is 5.32 Å². The number of benzene rings is 1. The van der Waals surface area contributed by atoms with Gasteiger partial charge in [0.1, 0.15) is 0 Å². The van der Waals surface area contributed by atoms with E-state index in [1.54, 1.807) is 6.92 Å². The van der Waals surface area contributed by atoms with Crippen LogP contribution in [-0.4, -0.2) is 36.6 Å². The van der Waals surface area contributed by atoms with E-state index in [4.69, 9.17) is 33.9 Å². The van der Waals surface area contributed by atoms with Gasteiger partial charge in [-0.3, -0.25) is 9.00 Å². The molecule has 0 aliphatic rings. The van der Waals surface area contributed by atoms with Gasteiger partial charge in [0.2, 0.25) is 0 Å². The van der Waals surface area contributed by atoms with Gasteiger partial charge in [-0.15, -0.1) is 0 Å². The van der Waals surface area contributed by atoms with Gasteiger partial charge in [0.05, 0.1) is 20.5 Å². The fourth-order valence-corrected chi connectivity index (χ4v) is 3.27. The number of nitrogens with one attached hydrogen (secondary N) is 1. The second kappa shape index (κ2) is 7.78. The molecule has 1 unspecified atom stereocenters. The molecule has 1 atom stereocenters. The molecule has 1 amide bonds. The molecular formula is C11H12Cl3NO4S2. The molecular weight excluding hydrogens is 381 g/mol. The molecule has 0 aromatic heterocycles. The summed E-state index contributed by atoms with van der Waals surface area (Å²) in [5.41, 5.74) is -0.106. The summed E-state index contributed by atoms with van der Waals surface area (Å²) in [6, 6.07) is 2.11. The Labute approximate surface area is 139 Å². The second-order valence-electron chi connectivity index (χ2n) is 3.89. The third-order valence-corrected chi connectivity index (χ3v) is 5.90. The minimum Gasteiger partial charge on any atom is -0.351 e. The van der Waals surface area contributed by atoms with Crippen LogP contribution in [0.25, 0.3) is 0 Å². The molecule has 0 heterocycles. The first-order valence-corrected chi connectivity index (χ1v) is 10.3. The van der Waals surface area contributed by atoms with E-state index in [9.17, 15) is 17.4 Å². The number of hydrogen-bond donors (Lipinski definition) is 1. The number of rotatable bonds is 6. The first-order chi connectivity index (χ1) is 9.66. The number of carbonyl (C=O) groups is 1. The Kier molecular flexibility index (Phi) is 6.93. The fraction of sp³-hybridized carbons (Fsp3) is 0.364. The van der Waals surface area contributed by atoms with E-state index in [-0.39, 0.29) is 27.0 Å². The molecule has 0 bridgehead atoms. The molecule has 0 radical (unpaired) electrons. The first kappa shape index (κ1) is 18.7. The van der Waals surface area contributed by atoms with Crippen LogP contribution in [0.4, 0.5) is 0 Å². The van der Waals surface area contributed by atoms with Crippen LogP contribution in [0.15, 0.2) is 17.0 Å². The molecule has 0 aliphatic carbocycles. The number of amides is 1. The van der Waals surface area contributed by atoms with Crippen molar-refractivity contribution in [2.75, 3.05) is 18.1 Å². The normalized spacial score (nSPS) is 13.0. The zero-order valence-electron chi connectivity index (χ0n) is 10.9. The fourth-order valence-electron chi connectivity index (χ4n) is 1.39. The Hall–Kier alpha value is -0.340. The van der Waals surface area contributed by atoms with Gasteiger partial charge in [0.15, 0.2) is 0 Å². The van der Waals surface area contributed by atoms with Crippen LogP contribution in [-0.2, 0) is 19.9 Å². The number of halogens is 3. The third kappa shape index (κ3) is 5.41. The third-order valence-electron chi connectivity index (χ3n) is 2.47. The van der Waals surface area contributed by atoms with E-state index in [0.717, 1.165) is 12.1 Å². The van der Waals surface area contributed by atoms with Crippen molar-refractivity contribution in [3.05, 3.63) is 27.7 Å². The summed E-state index contributed by atoms with van der Waals surface area (Å²) < 4.78 is 33.9. The summed E-state index contributed by atoms with van der Waals surface area (Å²) in [6.45, 7) is 1.94. The maximum atomic E-state index is 12.0. The Balaban J connectivity index is 2.99. The van der Waals surface area contributed by atoms with Crippen molar-refractivity contribution < 1.29 is 17.4 Å². The topological polar surface area (TPSA) is 80.3 Å². The summed E-state index contributed by atoms with van der Waals surface area (Å²) in [5, 5.41) is 2.33. The minimum atomic E-state index is -4.04. The molecule has 1 rings (SSSR count). The highest BCUT2D eigenvalue weighted by atomic mass is 35.7. The smallest absolute Gasteiger partial charge is 0.261 e. The summed E-state index contributed by atoms with van der Waals surface area (Å²) in [7, 11) is 0.169. The lowest BCUT2D eigenvalue weighted by molar-refractivity contribution is 0.0956. The van der Waals surface area contributed by atoms with E-state index in [0.29, 0.717) is 11.5 Å². The molecule has 1 N–H and O–H groups in total. The van der Waals surface area contributed by atoms with Crippen molar-refractivity contribution in [3.8, 4) is 0 Å². The van der Waals surface area contributed by atoms with E-state index in [2.05, 4.69) is 5.32 Å².